The molecule has 0 aliphatic heterocycles. The van der Waals surface area contributed by atoms with Crippen LogP contribution in [0.25, 0.3) is 40.3 Å². The van der Waals surface area contributed by atoms with Crippen molar-refractivity contribution in [3.8, 4) is 0 Å². The van der Waals surface area contributed by atoms with Crippen LogP contribution in [0.2, 0.25) is 0 Å². The molecule has 4 N–H and O–H groups in total. The third-order valence-electron chi connectivity index (χ3n) is 5.43. The van der Waals surface area contributed by atoms with Gasteiger partial charge in [0, 0.05) is 29.6 Å². The summed E-state index contributed by atoms with van der Waals surface area (Å²) in [7, 11) is -2.81. The Hall–Kier alpha value is -2.71. The Morgan fingerprint density at radius 3 is 1.22 bits per heavy atom. The molecular weight excluding hydrogens is 438 g/mol. The first-order valence-electron chi connectivity index (χ1n) is 10.1. The number of benzene rings is 4. The minimum Gasteiger partial charge on any atom is -0.423 e. The van der Waals surface area contributed by atoms with E-state index in [1.54, 1.807) is 34.8 Å². The molecule has 0 saturated carbocycles. The Labute approximate surface area is 192 Å². The van der Waals surface area contributed by atoms with Gasteiger partial charge in [-0.2, -0.15) is 0 Å². The molecule has 2 heterocycles. The molecule has 0 fully saturated rings. The zero-order chi connectivity index (χ0) is 22.2. The maximum atomic E-state index is 9.31. The van der Waals surface area contributed by atoms with Crippen LogP contribution in [0.3, 0.4) is 0 Å². The van der Waals surface area contributed by atoms with Crippen molar-refractivity contribution in [1.82, 2.24) is 0 Å². The molecule has 2 aromatic heterocycles. The molecule has 6 aromatic rings. The summed E-state index contributed by atoms with van der Waals surface area (Å²) in [6, 6.07) is 27.4. The fourth-order valence-electron chi connectivity index (χ4n) is 3.94. The standard InChI is InChI=1S/2C12H9BO2S/c2*14-13(15)10-6-3-5-9-8-4-1-2-7-11(8)16-12(9)10/h2*1-7,14-15H. The molecule has 0 bridgehead atoms. The van der Waals surface area contributed by atoms with Gasteiger partial charge < -0.3 is 20.1 Å². The summed E-state index contributed by atoms with van der Waals surface area (Å²) >= 11 is 3.19. The highest BCUT2D eigenvalue weighted by Gasteiger charge is 2.18. The highest BCUT2D eigenvalue weighted by molar-refractivity contribution is 7.27. The van der Waals surface area contributed by atoms with Crippen LogP contribution in [-0.4, -0.2) is 34.3 Å². The van der Waals surface area contributed by atoms with Gasteiger partial charge >= 0.3 is 14.2 Å². The molecule has 156 valence electrons. The van der Waals surface area contributed by atoms with Crippen molar-refractivity contribution >= 4 is 88.2 Å². The van der Waals surface area contributed by atoms with Crippen LogP contribution in [0.1, 0.15) is 0 Å². The Bertz CT molecular complexity index is 1440. The first-order valence-corrected chi connectivity index (χ1v) is 11.7. The molecule has 0 atom stereocenters. The number of hydrogen-bond donors (Lipinski definition) is 4. The minimum absolute atomic E-state index is 0.582. The molecule has 4 nitrogen and oxygen atoms in total. The Kier molecular flexibility index (Phi) is 5.73. The van der Waals surface area contributed by atoms with Crippen LogP contribution in [-0.2, 0) is 0 Å². The Morgan fingerprint density at radius 1 is 0.438 bits per heavy atom. The second-order valence-corrected chi connectivity index (χ2v) is 9.50. The molecular formula is C24H18B2O4S2. The molecule has 0 aliphatic carbocycles. The van der Waals surface area contributed by atoms with Crippen molar-refractivity contribution in [3.05, 3.63) is 84.9 Å². The maximum Gasteiger partial charge on any atom is 0.489 e. The van der Waals surface area contributed by atoms with Gasteiger partial charge in [-0.15, -0.1) is 22.7 Å². The van der Waals surface area contributed by atoms with Gasteiger partial charge in [0.25, 0.3) is 0 Å². The largest absolute Gasteiger partial charge is 0.489 e. The van der Waals surface area contributed by atoms with Gasteiger partial charge in [0.15, 0.2) is 0 Å². The van der Waals surface area contributed by atoms with Crippen LogP contribution >= 0.6 is 22.7 Å². The minimum atomic E-state index is -1.41. The summed E-state index contributed by atoms with van der Waals surface area (Å²) in [5.41, 5.74) is 1.16. The summed E-state index contributed by atoms with van der Waals surface area (Å²) in [5.74, 6) is 0. The van der Waals surface area contributed by atoms with Crippen LogP contribution in [0, 0.1) is 0 Å². The van der Waals surface area contributed by atoms with Crippen molar-refractivity contribution in [1.29, 1.82) is 0 Å². The third-order valence-corrected chi connectivity index (χ3v) is 7.90. The van der Waals surface area contributed by atoms with Crippen molar-refractivity contribution in [2.75, 3.05) is 0 Å². The lowest BCUT2D eigenvalue weighted by Gasteiger charge is -1.99. The van der Waals surface area contributed by atoms with Gasteiger partial charge in [0.2, 0.25) is 0 Å². The number of thiophene rings is 2. The van der Waals surface area contributed by atoms with E-state index in [9.17, 15) is 20.1 Å². The lowest BCUT2D eigenvalue weighted by atomic mass is 9.80. The predicted molar refractivity (Wildman–Crippen MR) is 138 cm³/mol. The Morgan fingerprint density at radius 2 is 0.812 bits per heavy atom. The summed E-state index contributed by atoms with van der Waals surface area (Å²) in [4.78, 5) is 0. The van der Waals surface area contributed by atoms with Crippen molar-refractivity contribution < 1.29 is 20.1 Å². The maximum absolute atomic E-state index is 9.31. The second kappa shape index (κ2) is 8.67. The zero-order valence-corrected chi connectivity index (χ0v) is 18.5. The number of hydrogen-bond acceptors (Lipinski definition) is 6. The number of fused-ring (bicyclic) bond motifs is 6. The van der Waals surface area contributed by atoms with E-state index in [-0.39, 0.29) is 0 Å². The van der Waals surface area contributed by atoms with Gasteiger partial charge in [-0.25, -0.2) is 0 Å². The van der Waals surface area contributed by atoms with Gasteiger partial charge in [0.05, 0.1) is 0 Å². The highest BCUT2D eigenvalue weighted by Crippen LogP contribution is 2.33. The van der Waals surface area contributed by atoms with Crippen molar-refractivity contribution in [3.63, 3.8) is 0 Å². The van der Waals surface area contributed by atoms with Gasteiger partial charge in [-0.05, 0) is 33.8 Å². The third kappa shape index (κ3) is 3.71. The summed E-state index contributed by atoms with van der Waals surface area (Å²) in [5, 5.41) is 41.8. The van der Waals surface area contributed by atoms with Gasteiger partial charge in [-0.3, -0.25) is 0 Å². The summed E-state index contributed by atoms with van der Waals surface area (Å²) in [6.07, 6.45) is 0. The van der Waals surface area contributed by atoms with E-state index in [0.717, 1.165) is 20.2 Å². The van der Waals surface area contributed by atoms with Gasteiger partial charge in [0.1, 0.15) is 0 Å². The smallest absolute Gasteiger partial charge is 0.423 e. The molecule has 0 radical (unpaired) electrons. The molecule has 0 spiro atoms. The first kappa shape index (κ1) is 21.2. The molecule has 0 unspecified atom stereocenters. The topological polar surface area (TPSA) is 80.9 Å². The lowest BCUT2D eigenvalue weighted by Crippen LogP contribution is -2.29. The average molecular weight is 456 g/mol. The first-order chi connectivity index (χ1) is 15.5. The van der Waals surface area contributed by atoms with Gasteiger partial charge in [-0.1, -0.05) is 72.8 Å². The van der Waals surface area contributed by atoms with E-state index in [1.807, 2.05) is 60.7 Å². The van der Waals surface area contributed by atoms with Crippen molar-refractivity contribution in [2.24, 2.45) is 0 Å². The van der Waals surface area contributed by atoms with E-state index < -0.39 is 14.2 Å². The van der Waals surface area contributed by atoms with Crippen LogP contribution < -0.4 is 10.9 Å². The molecule has 0 saturated heterocycles. The molecule has 0 amide bonds. The number of rotatable bonds is 2. The fourth-order valence-corrected chi connectivity index (χ4v) is 6.41. The lowest BCUT2D eigenvalue weighted by molar-refractivity contribution is 0.425. The molecule has 32 heavy (non-hydrogen) atoms. The quantitative estimate of drug-likeness (QED) is 0.301. The fraction of sp³-hybridized carbons (Fsp3) is 0. The van der Waals surface area contributed by atoms with Crippen LogP contribution in [0.4, 0.5) is 0 Å². The Balaban J connectivity index is 0.000000135. The van der Waals surface area contributed by atoms with Crippen LogP contribution in [0.15, 0.2) is 84.9 Å². The van der Waals surface area contributed by atoms with E-state index in [4.69, 9.17) is 0 Å². The second-order valence-electron chi connectivity index (χ2n) is 7.39. The molecule has 0 aliphatic rings. The van der Waals surface area contributed by atoms with Crippen LogP contribution in [0.5, 0.6) is 0 Å². The predicted octanol–water partition coefficient (Wildman–Crippen LogP) is 3.47. The van der Waals surface area contributed by atoms with Crippen molar-refractivity contribution in [2.45, 2.75) is 0 Å². The molecule has 4 aromatic carbocycles. The zero-order valence-electron chi connectivity index (χ0n) is 16.8. The summed E-state index contributed by atoms with van der Waals surface area (Å²) < 4.78 is 4.26. The summed E-state index contributed by atoms with van der Waals surface area (Å²) in [6.45, 7) is 0. The molecule has 6 rings (SSSR count). The normalized spacial score (nSPS) is 11.1. The monoisotopic (exact) mass is 456 g/mol. The average Bonchev–Trinajstić information content (AvgIpc) is 3.37. The van der Waals surface area contributed by atoms with E-state index >= 15 is 0 Å². The SMILES string of the molecule is OB(O)c1cccc2c1sc1ccccc12.OB(O)c1cccc2c1sc1ccccc12. The highest BCUT2D eigenvalue weighted by atomic mass is 32.1. The van der Waals surface area contributed by atoms with E-state index in [0.29, 0.717) is 10.9 Å². The molecule has 8 heteroatoms. The van der Waals surface area contributed by atoms with E-state index in [2.05, 4.69) is 12.1 Å². The van der Waals surface area contributed by atoms with E-state index in [1.165, 1.54) is 20.2 Å².